The molecule has 86 valence electrons. The predicted octanol–water partition coefficient (Wildman–Crippen LogP) is 3.07. The van der Waals surface area contributed by atoms with Gasteiger partial charge >= 0.3 is 0 Å². The maximum Gasteiger partial charge on any atom is 0.248 e. The van der Waals surface area contributed by atoms with Crippen molar-refractivity contribution in [3.8, 4) is 11.1 Å². The van der Waals surface area contributed by atoms with E-state index in [2.05, 4.69) is 19.1 Å². The second-order valence-electron chi connectivity index (χ2n) is 4.16. The molecule has 2 aromatic carbocycles. The van der Waals surface area contributed by atoms with Gasteiger partial charge in [-0.1, -0.05) is 36.4 Å². The molecule has 1 amide bonds. The van der Waals surface area contributed by atoms with Gasteiger partial charge in [0.2, 0.25) is 5.91 Å². The molecule has 0 aromatic heterocycles. The Morgan fingerprint density at radius 2 is 1.59 bits per heavy atom. The molecule has 0 saturated carbocycles. The molecular weight excluding hydrogens is 210 g/mol. The minimum absolute atomic E-state index is 0.377. The third-order valence-corrected chi connectivity index (χ3v) is 3.03. The zero-order chi connectivity index (χ0) is 12.4. The molecule has 0 spiro atoms. The molecule has 2 N–H and O–H groups in total. The Bertz CT molecular complexity index is 573. The lowest BCUT2D eigenvalue weighted by molar-refractivity contribution is 0.1000. The van der Waals surface area contributed by atoms with Crippen LogP contribution in [0.15, 0.2) is 42.5 Å². The van der Waals surface area contributed by atoms with Crippen molar-refractivity contribution < 1.29 is 4.79 Å². The summed E-state index contributed by atoms with van der Waals surface area (Å²) in [6, 6.07) is 13.8. The SMILES string of the molecule is Cc1ccccc1-c1cccc(C(N)=O)c1C. The van der Waals surface area contributed by atoms with E-state index >= 15 is 0 Å². The van der Waals surface area contributed by atoms with Crippen molar-refractivity contribution in [2.24, 2.45) is 5.73 Å². The van der Waals surface area contributed by atoms with Crippen molar-refractivity contribution in [3.05, 3.63) is 59.2 Å². The molecule has 0 aliphatic heterocycles. The number of carbonyl (C=O) groups is 1. The fourth-order valence-electron chi connectivity index (χ4n) is 2.07. The van der Waals surface area contributed by atoms with Crippen molar-refractivity contribution in [1.29, 1.82) is 0 Å². The van der Waals surface area contributed by atoms with Crippen LogP contribution in [0.1, 0.15) is 21.5 Å². The monoisotopic (exact) mass is 225 g/mol. The molecule has 2 rings (SSSR count). The standard InChI is InChI=1S/C15H15NO/c1-10-6-3-4-7-12(10)13-8-5-9-14(11(13)2)15(16)17/h3-9H,1-2H3,(H2,16,17). The minimum Gasteiger partial charge on any atom is -0.366 e. The molecule has 17 heavy (non-hydrogen) atoms. The first-order valence-corrected chi connectivity index (χ1v) is 5.56. The van der Waals surface area contributed by atoms with Crippen LogP contribution in [0.25, 0.3) is 11.1 Å². The number of aryl methyl sites for hydroxylation is 1. The highest BCUT2D eigenvalue weighted by atomic mass is 16.1. The van der Waals surface area contributed by atoms with Crippen LogP contribution in [0.2, 0.25) is 0 Å². The van der Waals surface area contributed by atoms with Gasteiger partial charge in [0.1, 0.15) is 0 Å². The second-order valence-corrected chi connectivity index (χ2v) is 4.16. The molecule has 2 nitrogen and oxygen atoms in total. The number of primary amides is 1. The third-order valence-electron chi connectivity index (χ3n) is 3.03. The molecule has 0 aliphatic rings. The number of benzene rings is 2. The zero-order valence-electron chi connectivity index (χ0n) is 10.0. The van der Waals surface area contributed by atoms with Gasteiger partial charge in [-0.2, -0.15) is 0 Å². The van der Waals surface area contributed by atoms with Gasteiger partial charge in [-0.05, 0) is 42.2 Å². The second kappa shape index (κ2) is 4.42. The van der Waals surface area contributed by atoms with Crippen molar-refractivity contribution in [1.82, 2.24) is 0 Å². The van der Waals surface area contributed by atoms with Crippen LogP contribution in [0.4, 0.5) is 0 Å². The molecule has 0 atom stereocenters. The quantitative estimate of drug-likeness (QED) is 0.838. The summed E-state index contributed by atoms with van der Waals surface area (Å²) < 4.78 is 0. The van der Waals surface area contributed by atoms with E-state index in [0.717, 1.165) is 16.7 Å². The first-order valence-electron chi connectivity index (χ1n) is 5.56. The lowest BCUT2D eigenvalue weighted by Crippen LogP contribution is -2.13. The summed E-state index contributed by atoms with van der Waals surface area (Å²) >= 11 is 0. The van der Waals surface area contributed by atoms with E-state index in [-0.39, 0.29) is 5.91 Å². The van der Waals surface area contributed by atoms with Crippen LogP contribution in [-0.4, -0.2) is 5.91 Å². The van der Waals surface area contributed by atoms with E-state index in [1.807, 2.05) is 31.2 Å². The maximum atomic E-state index is 11.3. The fraction of sp³-hybridized carbons (Fsp3) is 0.133. The largest absolute Gasteiger partial charge is 0.366 e. The molecule has 2 heteroatoms. The number of carbonyl (C=O) groups excluding carboxylic acids is 1. The van der Waals surface area contributed by atoms with E-state index in [9.17, 15) is 4.79 Å². The fourth-order valence-corrected chi connectivity index (χ4v) is 2.07. The Morgan fingerprint density at radius 1 is 0.941 bits per heavy atom. The number of nitrogens with two attached hydrogens (primary N) is 1. The average Bonchev–Trinajstić information content (AvgIpc) is 2.30. The van der Waals surface area contributed by atoms with Crippen molar-refractivity contribution in [2.75, 3.05) is 0 Å². The van der Waals surface area contributed by atoms with E-state index < -0.39 is 0 Å². The van der Waals surface area contributed by atoms with Crippen molar-refractivity contribution in [2.45, 2.75) is 13.8 Å². The number of rotatable bonds is 2. The van der Waals surface area contributed by atoms with Crippen molar-refractivity contribution >= 4 is 5.91 Å². The average molecular weight is 225 g/mol. The summed E-state index contributed by atoms with van der Waals surface area (Å²) in [5.41, 5.74) is 10.3. The normalized spacial score (nSPS) is 10.2. The third kappa shape index (κ3) is 2.07. The van der Waals surface area contributed by atoms with Gasteiger partial charge in [0.15, 0.2) is 0 Å². The van der Waals surface area contributed by atoms with Gasteiger partial charge in [0, 0.05) is 5.56 Å². The summed E-state index contributed by atoms with van der Waals surface area (Å²) in [6.45, 7) is 3.99. The molecule has 2 aromatic rings. The molecule has 0 fully saturated rings. The molecule has 0 saturated heterocycles. The van der Waals surface area contributed by atoms with Crippen LogP contribution < -0.4 is 5.73 Å². The Hall–Kier alpha value is -2.09. The van der Waals surface area contributed by atoms with Crippen LogP contribution in [0.5, 0.6) is 0 Å². The van der Waals surface area contributed by atoms with E-state index in [4.69, 9.17) is 5.73 Å². The lowest BCUT2D eigenvalue weighted by Gasteiger charge is -2.11. The highest BCUT2D eigenvalue weighted by molar-refractivity contribution is 5.96. The van der Waals surface area contributed by atoms with Crippen LogP contribution >= 0.6 is 0 Å². The van der Waals surface area contributed by atoms with Gasteiger partial charge in [-0.3, -0.25) is 4.79 Å². The smallest absolute Gasteiger partial charge is 0.248 e. The van der Waals surface area contributed by atoms with E-state index in [1.54, 1.807) is 6.07 Å². The first kappa shape index (κ1) is 11.4. The highest BCUT2D eigenvalue weighted by Crippen LogP contribution is 2.28. The highest BCUT2D eigenvalue weighted by Gasteiger charge is 2.10. The van der Waals surface area contributed by atoms with Gasteiger partial charge in [0.25, 0.3) is 0 Å². The van der Waals surface area contributed by atoms with Crippen LogP contribution in [0, 0.1) is 13.8 Å². The van der Waals surface area contributed by atoms with Gasteiger partial charge in [-0.25, -0.2) is 0 Å². The van der Waals surface area contributed by atoms with Crippen molar-refractivity contribution in [3.63, 3.8) is 0 Å². The van der Waals surface area contributed by atoms with E-state index in [1.165, 1.54) is 5.56 Å². The summed E-state index contributed by atoms with van der Waals surface area (Å²) in [5, 5.41) is 0. The molecule has 0 radical (unpaired) electrons. The van der Waals surface area contributed by atoms with Gasteiger partial charge in [0.05, 0.1) is 0 Å². The van der Waals surface area contributed by atoms with Gasteiger partial charge < -0.3 is 5.73 Å². The topological polar surface area (TPSA) is 43.1 Å². The lowest BCUT2D eigenvalue weighted by atomic mass is 9.93. The Labute approximate surface area is 101 Å². The molecule has 0 unspecified atom stereocenters. The summed E-state index contributed by atoms with van der Waals surface area (Å²) in [6.07, 6.45) is 0. The molecule has 0 bridgehead atoms. The van der Waals surface area contributed by atoms with E-state index in [0.29, 0.717) is 5.56 Å². The Kier molecular flexibility index (Phi) is 2.96. The summed E-state index contributed by atoms with van der Waals surface area (Å²) in [7, 11) is 0. The predicted molar refractivity (Wildman–Crippen MR) is 69.9 cm³/mol. The molecule has 0 aliphatic carbocycles. The zero-order valence-corrected chi connectivity index (χ0v) is 10.0. The maximum absolute atomic E-state index is 11.3. The van der Waals surface area contributed by atoms with Gasteiger partial charge in [-0.15, -0.1) is 0 Å². The molecule has 0 heterocycles. The Balaban J connectivity index is 2.65. The number of hydrogen-bond donors (Lipinski definition) is 1. The number of amides is 1. The Morgan fingerprint density at radius 3 is 2.24 bits per heavy atom. The van der Waals surface area contributed by atoms with Crippen LogP contribution in [-0.2, 0) is 0 Å². The molecular formula is C15H15NO. The van der Waals surface area contributed by atoms with Crippen LogP contribution in [0.3, 0.4) is 0 Å². The minimum atomic E-state index is -0.377. The summed E-state index contributed by atoms with van der Waals surface area (Å²) in [5.74, 6) is -0.377. The summed E-state index contributed by atoms with van der Waals surface area (Å²) in [4.78, 5) is 11.3. The number of hydrogen-bond acceptors (Lipinski definition) is 1. The first-order chi connectivity index (χ1) is 8.11.